The van der Waals surface area contributed by atoms with Crippen LogP contribution in [0.5, 0.6) is 0 Å². The highest BCUT2D eigenvalue weighted by Gasteiger charge is 2.20. The molecule has 1 amide bonds. The van der Waals surface area contributed by atoms with Crippen LogP contribution in [0.3, 0.4) is 0 Å². The lowest BCUT2D eigenvalue weighted by molar-refractivity contribution is -0.116. The van der Waals surface area contributed by atoms with Gasteiger partial charge in [0.1, 0.15) is 11.3 Å². The third kappa shape index (κ3) is 3.42. The summed E-state index contributed by atoms with van der Waals surface area (Å²) >= 11 is 0. The predicted octanol–water partition coefficient (Wildman–Crippen LogP) is 3.39. The number of nitrogens with two attached hydrogens (primary N) is 2. The summed E-state index contributed by atoms with van der Waals surface area (Å²) in [4.78, 5) is 26.8. The first-order chi connectivity index (χ1) is 14.4. The monoisotopic (exact) mass is 401 g/mol. The van der Waals surface area contributed by atoms with Crippen molar-refractivity contribution in [1.82, 2.24) is 0 Å². The molecule has 0 atom stereocenters. The van der Waals surface area contributed by atoms with E-state index in [2.05, 4.69) is 4.99 Å². The van der Waals surface area contributed by atoms with Gasteiger partial charge in [0.15, 0.2) is 0 Å². The summed E-state index contributed by atoms with van der Waals surface area (Å²) in [5.74, 6) is -0.803. The molecule has 1 aliphatic carbocycles. The van der Waals surface area contributed by atoms with E-state index in [9.17, 15) is 14.7 Å². The Labute approximate surface area is 171 Å². The van der Waals surface area contributed by atoms with Gasteiger partial charge in [-0.15, -0.1) is 0 Å². The summed E-state index contributed by atoms with van der Waals surface area (Å²) in [6.45, 7) is 1.55. The number of rotatable bonds is 3. The van der Waals surface area contributed by atoms with Gasteiger partial charge in [-0.2, -0.15) is 0 Å². The number of nitrogen functional groups attached to an aromatic ring is 1. The van der Waals surface area contributed by atoms with E-state index in [1.165, 1.54) is 6.92 Å². The summed E-state index contributed by atoms with van der Waals surface area (Å²) in [5, 5.41) is 10.6. The minimum Gasteiger partial charge on any atom is -0.478 e. The summed E-state index contributed by atoms with van der Waals surface area (Å²) in [6, 6.07) is 15.5. The maximum absolute atomic E-state index is 11.4. The maximum atomic E-state index is 11.4. The van der Waals surface area contributed by atoms with E-state index in [1.54, 1.807) is 42.5 Å². The molecule has 0 fully saturated rings. The van der Waals surface area contributed by atoms with Gasteiger partial charge in [0.05, 0.1) is 10.9 Å². The van der Waals surface area contributed by atoms with E-state index in [-0.39, 0.29) is 18.0 Å². The van der Waals surface area contributed by atoms with E-state index in [0.29, 0.717) is 28.0 Å². The fourth-order valence-electron chi connectivity index (χ4n) is 3.58. The Morgan fingerprint density at radius 1 is 1.03 bits per heavy atom. The zero-order valence-corrected chi connectivity index (χ0v) is 16.2. The Balaban J connectivity index is 2.12. The van der Waals surface area contributed by atoms with Crippen molar-refractivity contribution in [2.24, 2.45) is 10.7 Å². The molecule has 150 valence electrons. The van der Waals surface area contributed by atoms with E-state index in [1.807, 2.05) is 12.1 Å². The van der Waals surface area contributed by atoms with E-state index in [4.69, 9.17) is 15.9 Å². The van der Waals surface area contributed by atoms with E-state index in [0.717, 1.165) is 22.1 Å². The highest BCUT2D eigenvalue weighted by Crippen LogP contribution is 2.41. The van der Waals surface area contributed by atoms with Crippen molar-refractivity contribution in [2.75, 3.05) is 5.73 Å². The molecule has 1 heterocycles. The number of hydrogen-bond acceptors (Lipinski definition) is 5. The Kier molecular flexibility index (Phi) is 4.81. The molecular weight excluding hydrogens is 382 g/mol. The van der Waals surface area contributed by atoms with Crippen LogP contribution in [0, 0.1) is 0 Å². The molecule has 2 aromatic rings. The number of carbonyl (C=O) groups is 2. The maximum Gasteiger partial charge on any atom is 0.335 e. The fourth-order valence-corrected chi connectivity index (χ4v) is 3.58. The number of nitrogens with zero attached hydrogens (tertiary/aromatic N) is 1. The third-order valence-corrected chi connectivity index (χ3v) is 4.86. The van der Waals surface area contributed by atoms with Crippen LogP contribution in [0.2, 0.25) is 0 Å². The molecule has 4 rings (SSSR count). The van der Waals surface area contributed by atoms with Crippen LogP contribution in [0.15, 0.2) is 64.0 Å². The molecule has 0 unspecified atom stereocenters. The average molecular weight is 401 g/mol. The van der Waals surface area contributed by atoms with Gasteiger partial charge >= 0.3 is 5.97 Å². The molecule has 7 nitrogen and oxygen atoms in total. The number of carbonyl (C=O) groups excluding carboxylic acids is 1. The standard InChI is InChI=1S/C23H19N3O4/c1-12(27)26-16-4-7-19-21(10-16)30-20-9-15(25)3-6-18(20)22(19)17-5-2-13(23(28)29)8-14(17)11-24/h2-10H,11,24-25H2,1H3,(H,28,29). The lowest BCUT2D eigenvalue weighted by atomic mass is 9.90. The summed E-state index contributed by atoms with van der Waals surface area (Å²) in [7, 11) is 0. The van der Waals surface area contributed by atoms with E-state index >= 15 is 0 Å². The molecule has 0 radical (unpaired) electrons. The van der Waals surface area contributed by atoms with Crippen LogP contribution >= 0.6 is 0 Å². The minimum absolute atomic E-state index is 0.165. The van der Waals surface area contributed by atoms with Crippen LogP contribution in [-0.4, -0.2) is 17.0 Å². The third-order valence-electron chi connectivity index (χ3n) is 4.86. The zero-order chi connectivity index (χ0) is 21.4. The molecule has 0 aromatic heterocycles. The molecule has 2 aliphatic rings. The van der Waals surface area contributed by atoms with Crippen molar-refractivity contribution in [3.05, 3.63) is 71.1 Å². The Morgan fingerprint density at radius 2 is 1.80 bits per heavy atom. The second kappa shape index (κ2) is 7.46. The molecular formula is C23H19N3O4. The highest BCUT2D eigenvalue weighted by molar-refractivity contribution is 6.03. The second-order valence-corrected chi connectivity index (χ2v) is 6.93. The molecule has 5 N–H and O–H groups in total. The molecule has 0 bridgehead atoms. The summed E-state index contributed by atoms with van der Waals surface area (Å²) in [5.41, 5.74) is 16.3. The first-order valence-electron chi connectivity index (χ1n) is 9.25. The fraction of sp³-hybridized carbons (Fsp3) is 0.0870. The van der Waals surface area contributed by atoms with Crippen molar-refractivity contribution in [3.63, 3.8) is 0 Å². The Hall–Kier alpha value is -3.97. The number of amides is 1. The van der Waals surface area contributed by atoms with Gasteiger partial charge < -0.3 is 21.0 Å². The van der Waals surface area contributed by atoms with Crippen LogP contribution in [0.4, 0.5) is 5.69 Å². The van der Waals surface area contributed by atoms with Gasteiger partial charge in [-0.3, -0.25) is 4.79 Å². The topological polar surface area (TPSA) is 132 Å². The number of anilines is 1. The molecule has 0 saturated carbocycles. The van der Waals surface area contributed by atoms with Crippen molar-refractivity contribution in [1.29, 1.82) is 0 Å². The highest BCUT2D eigenvalue weighted by atomic mass is 16.4. The van der Waals surface area contributed by atoms with Gasteiger partial charge in [0, 0.05) is 47.8 Å². The molecule has 2 aromatic carbocycles. The Morgan fingerprint density at radius 3 is 2.50 bits per heavy atom. The van der Waals surface area contributed by atoms with Crippen LogP contribution < -0.4 is 16.8 Å². The van der Waals surface area contributed by atoms with Crippen molar-refractivity contribution < 1.29 is 19.1 Å². The number of fused-ring (bicyclic) bond motifs is 2. The Bertz CT molecular complexity index is 1350. The van der Waals surface area contributed by atoms with Gasteiger partial charge in [0.2, 0.25) is 5.91 Å². The molecule has 30 heavy (non-hydrogen) atoms. The summed E-state index contributed by atoms with van der Waals surface area (Å²) < 4.78 is 6.07. The van der Waals surface area contributed by atoms with Crippen LogP contribution in [0.25, 0.3) is 33.4 Å². The molecule has 7 heteroatoms. The van der Waals surface area contributed by atoms with E-state index < -0.39 is 5.97 Å². The SMILES string of the molecule is CC(=O)N=c1ccc2c(-c3ccc(C(=O)O)cc3CN)c3ccc(N)cc3oc-2c1. The number of benzene rings is 3. The number of aromatic carboxylic acids is 1. The number of hydrogen-bond donors (Lipinski definition) is 3. The van der Waals surface area contributed by atoms with Gasteiger partial charge in [0.25, 0.3) is 0 Å². The molecule has 1 aliphatic heterocycles. The predicted molar refractivity (Wildman–Crippen MR) is 114 cm³/mol. The average Bonchev–Trinajstić information content (AvgIpc) is 2.70. The smallest absolute Gasteiger partial charge is 0.335 e. The van der Waals surface area contributed by atoms with Crippen LogP contribution in [0.1, 0.15) is 22.8 Å². The van der Waals surface area contributed by atoms with Crippen molar-refractivity contribution >= 4 is 28.5 Å². The normalized spacial score (nSPS) is 11.9. The first-order valence-corrected chi connectivity index (χ1v) is 9.25. The largest absolute Gasteiger partial charge is 0.478 e. The minimum atomic E-state index is -1.02. The quantitative estimate of drug-likeness (QED) is 0.356. The van der Waals surface area contributed by atoms with Crippen molar-refractivity contribution in [2.45, 2.75) is 13.5 Å². The lowest BCUT2D eigenvalue weighted by Gasteiger charge is -2.18. The second-order valence-electron chi connectivity index (χ2n) is 6.93. The van der Waals surface area contributed by atoms with Crippen molar-refractivity contribution in [3.8, 4) is 22.5 Å². The van der Waals surface area contributed by atoms with Crippen LogP contribution in [-0.2, 0) is 11.3 Å². The summed E-state index contributed by atoms with van der Waals surface area (Å²) in [6.07, 6.45) is 0. The van der Waals surface area contributed by atoms with Gasteiger partial charge in [-0.05, 0) is 47.5 Å². The lowest BCUT2D eigenvalue weighted by Crippen LogP contribution is -2.07. The molecule has 0 saturated heterocycles. The number of carboxylic acid groups (broad SMARTS) is 1. The van der Waals surface area contributed by atoms with Gasteiger partial charge in [-0.1, -0.05) is 6.07 Å². The first kappa shape index (κ1) is 19.4. The zero-order valence-electron chi connectivity index (χ0n) is 16.2. The van der Waals surface area contributed by atoms with Gasteiger partial charge in [-0.25, -0.2) is 9.79 Å². The molecule has 0 spiro atoms. The number of carboxylic acids is 1.